The Kier molecular flexibility index (Phi) is 4.41. The molecule has 2 N–H and O–H groups in total. The lowest BCUT2D eigenvalue weighted by Crippen LogP contribution is -2.14. The molecule has 0 fully saturated rings. The fourth-order valence-corrected chi connectivity index (χ4v) is 2.52. The van der Waals surface area contributed by atoms with Crippen LogP contribution in [-0.2, 0) is 9.84 Å². The summed E-state index contributed by atoms with van der Waals surface area (Å²) in [7, 11) is -3.18. The molecule has 0 aliphatic heterocycles. The molecular formula is C11H17NO2S2. The molecule has 5 heteroatoms. The summed E-state index contributed by atoms with van der Waals surface area (Å²) in [6, 6.07) is 6.76. The number of sulfone groups is 1. The highest BCUT2D eigenvalue weighted by Crippen LogP contribution is 2.22. The lowest BCUT2D eigenvalue weighted by molar-refractivity contribution is 0.587. The minimum atomic E-state index is -3.18. The van der Waals surface area contributed by atoms with E-state index in [0.29, 0.717) is 11.4 Å². The van der Waals surface area contributed by atoms with Crippen LogP contribution in [0.25, 0.3) is 0 Å². The molecule has 1 aromatic carbocycles. The van der Waals surface area contributed by atoms with E-state index in [1.54, 1.807) is 38.1 Å². The maximum absolute atomic E-state index is 11.8. The van der Waals surface area contributed by atoms with Gasteiger partial charge >= 0.3 is 0 Å². The van der Waals surface area contributed by atoms with E-state index in [2.05, 4.69) is 12.6 Å². The van der Waals surface area contributed by atoms with Gasteiger partial charge in [0.15, 0.2) is 9.84 Å². The molecule has 1 atom stereocenters. The maximum Gasteiger partial charge on any atom is 0.180 e. The van der Waals surface area contributed by atoms with Crippen LogP contribution in [0.3, 0.4) is 0 Å². The molecule has 3 nitrogen and oxygen atoms in total. The first kappa shape index (κ1) is 13.5. The van der Waals surface area contributed by atoms with Crippen LogP contribution < -0.4 is 5.73 Å². The molecule has 0 aliphatic carbocycles. The van der Waals surface area contributed by atoms with Crippen molar-refractivity contribution < 1.29 is 8.42 Å². The summed E-state index contributed by atoms with van der Waals surface area (Å²) in [6.07, 6.45) is 0. The highest BCUT2D eigenvalue weighted by atomic mass is 32.2. The van der Waals surface area contributed by atoms with Crippen LogP contribution in [0.5, 0.6) is 0 Å². The molecule has 0 amide bonds. The summed E-state index contributed by atoms with van der Waals surface area (Å²) in [5.74, 6) is 0. The molecule has 16 heavy (non-hydrogen) atoms. The second-order valence-corrected chi connectivity index (χ2v) is 7.04. The van der Waals surface area contributed by atoms with Crippen molar-refractivity contribution in [2.75, 3.05) is 6.54 Å². The quantitative estimate of drug-likeness (QED) is 0.811. The Labute approximate surface area is 102 Å². The van der Waals surface area contributed by atoms with Crippen LogP contribution in [0, 0.1) is 0 Å². The van der Waals surface area contributed by atoms with Crippen LogP contribution in [-0.4, -0.2) is 20.2 Å². The van der Waals surface area contributed by atoms with Crippen molar-refractivity contribution in [3.63, 3.8) is 0 Å². The average Bonchev–Trinajstić information content (AvgIpc) is 2.28. The van der Waals surface area contributed by atoms with Crippen LogP contribution in [0.4, 0.5) is 0 Å². The molecule has 1 rings (SSSR count). The highest BCUT2D eigenvalue weighted by Gasteiger charge is 2.18. The van der Waals surface area contributed by atoms with Gasteiger partial charge in [-0.3, -0.25) is 0 Å². The van der Waals surface area contributed by atoms with E-state index in [9.17, 15) is 8.42 Å². The molecule has 0 radical (unpaired) electrons. The molecule has 0 spiro atoms. The molecule has 1 aromatic rings. The Hall–Kier alpha value is -0.520. The third-order valence-corrected chi connectivity index (χ3v) is 5.12. The monoisotopic (exact) mass is 259 g/mol. The Balaban J connectivity index is 3.05. The topological polar surface area (TPSA) is 60.2 Å². The summed E-state index contributed by atoms with van der Waals surface area (Å²) >= 11 is 4.29. The summed E-state index contributed by atoms with van der Waals surface area (Å²) in [6.45, 7) is 3.77. The van der Waals surface area contributed by atoms with Crippen LogP contribution in [0.15, 0.2) is 29.2 Å². The number of hydrogen-bond donors (Lipinski definition) is 2. The van der Waals surface area contributed by atoms with Crippen molar-refractivity contribution in [2.24, 2.45) is 5.73 Å². The minimum absolute atomic E-state index is 0.0456. The van der Waals surface area contributed by atoms with Crippen molar-refractivity contribution in [3.05, 3.63) is 29.8 Å². The molecule has 1 unspecified atom stereocenters. The van der Waals surface area contributed by atoms with Gasteiger partial charge in [-0.25, -0.2) is 8.42 Å². The fourth-order valence-electron chi connectivity index (χ4n) is 1.29. The van der Waals surface area contributed by atoms with E-state index in [1.807, 2.05) is 0 Å². The zero-order valence-corrected chi connectivity index (χ0v) is 11.1. The van der Waals surface area contributed by atoms with Gasteiger partial charge in [0, 0.05) is 11.8 Å². The smallest absolute Gasteiger partial charge is 0.180 e. The lowest BCUT2D eigenvalue weighted by atomic mass is 10.1. The first-order valence-electron chi connectivity index (χ1n) is 5.11. The van der Waals surface area contributed by atoms with Crippen molar-refractivity contribution in [1.82, 2.24) is 0 Å². The minimum Gasteiger partial charge on any atom is -0.329 e. The molecular weight excluding hydrogens is 242 g/mol. The summed E-state index contributed by atoms with van der Waals surface area (Å²) in [5, 5.41) is -0.449. The molecule has 0 bridgehead atoms. The normalized spacial score (nSPS) is 14.1. The summed E-state index contributed by atoms with van der Waals surface area (Å²) in [5.41, 5.74) is 6.42. The van der Waals surface area contributed by atoms with Gasteiger partial charge in [-0.05, 0) is 31.5 Å². The largest absolute Gasteiger partial charge is 0.329 e. The van der Waals surface area contributed by atoms with Crippen molar-refractivity contribution in [2.45, 2.75) is 29.2 Å². The molecule has 90 valence electrons. The van der Waals surface area contributed by atoms with Crippen molar-refractivity contribution in [3.8, 4) is 0 Å². The van der Waals surface area contributed by atoms with E-state index >= 15 is 0 Å². The number of hydrogen-bond acceptors (Lipinski definition) is 4. The van der Waals surface area contributed by atoms with Gasteiger partial charge in [0.2, 0.25) is 0 Å². The Morgan fingerprint density at radius 1 is 1.25 bits per heavy atom. The first-order valence-corrected chi connectivity index (χ1v) is 7.18. The van der Waals surface area contributed by atoms with Gasteiger partial charge in [-0.1, -0.05) is 12.1 Å². The third-order valence-electron chi connectivity index (χ3n) is 2.44. The van der Waals surface area contributed by atoms with E-state index < -0.39 is 15.1 Å². The summed E-state index contributed by atoms with van der Waals surface area (Å²) in [4.78, 5) is 0.351. The Morgan fingerprint density at radius 3 is 2.12 bits per heavy atom. The average molecular weight is 259 g/mol. The van der Waals surface area contributed by atoms with E-state index in [0.717, 1.165) is 5.56 Å². The van der Waals surface area contributed by atoms with Gasteiger partial charge < -0.3 is 5.73 Å². The molecule has 0 aromatic heterocycles. The highest BCUT2D eigenvalue weighted by molar-refractivity contribution is 7.92. The zero-order valence-electron chi connectivity index (χ0n) is 9.42. The van der Waals surface area contributed by atoms with Gasteiger partial charge in [-0.2, -0.15) is 12.6 Å². The lowest BCUT2D eigenvalue weighted by Gasteiger charge is -2.11. The van der Waals surface area contributed by atoms with Gasteiger partial charge in [0.1, 0.15) is 0 Å². The first-order chi connectivity index (χ1) is 7.39. The maximum atomic E-state index is 11.8. The molecule has 0 aliphatic rings. The van der Waals surface area contributed by atoms with Gasteiger partial charge in [-0.15, -0.1) is 0 Å². The van der Waals surface area contributed by atoms with Gasteiger partial charge in [0.25, 0.3) is 0 Å². The Bertz CT molecular complexity index is 438. The van der Waals surface area contributed by atoms with Crippen LogP contribution in [0.1, 0.15) is 24.7 Å². The molecule has 0 heterocycles. The molecule has 0 saturated carbocycles. The number of rotatable bonds is 4. The third kappa shape index (κ3) is 2.78. The standard InChI is InChI=1S/C11H17NO2S2/c1-8(2)16(13,14)10-5-3-9(4-6-10)11(15)7-12/h3-6,8,11,15H,7,12H2,1-2H3. The number of benzene rings is 1. The fraction of sp³-hybridized carbons (Fsp3) is 0.455. The van der Waals surface area contributed by atoms with E-state index in [1.165, 1.54) is 0 Å². The predicted molar refractivity (Wildman–Crippen MR) is 69.5 cm³/mol. The van der Waals surface area contributed by atoms with Crippen molar-refractivity contribution in [1.29, 1.82) is 0 Å². The van der Waals surface area contributed by atoms with Gasteiger partial charge in [0.05, 0.1) is 10.1 Å². The van der Waals surface area contributed by atoms with Crippen LogP contribution >= 0.6 is 12.6 Å². The number of thiol groups is 1. The second kappa shape index (κ2) is 5.21. The van der Waals surface area contributed by atoms with E-state index in [4.69, 9.17) is 5.73 Å². The van der Waals surface area contributed by atoms with E-state index in [-0.39, 0.29) is 5.25 Å². The SMILES string of the molecule is CC(C)S(=O)(=O)c1ccc(C(S)CN)cc1. The predicted octanol–water partition coefficient (Wildman–Crippen LogP) is 1.80. The Morgan fingerprint density at radius 2 is 1.75 bits per heavy atom. The van der Waals surface area contributed by atoms with Crippen LogP contribution in [0.2, 0.25) is 0 Å². The number of nitrogens with two attached hydrogens (primary N) is 1. The summed E-state index contributed by atoms with van der Waals surface area (Å²) < 4.78 is 23.7. The zero-order chi connectivity index (χ0) is 12.3. The molecule has 0 saturated heterocycles. The van der Waals surface area contributed by atoms with Crippen molar-refractivity contribution >= 4 is 22.5 Å². The second-order valence-electron chi connectivity index (χ2n) is 3.91.